The molecule has 2 fully saturated rings. The molecule has 1 aromatic rings. The van der Waals surface area contributed by atoms with E-state index in [0.717, 1.165) is 15.8 Å². The van der Waals surface area contributed by atoms with E-state index in [2.05, 4.69) is 21.2 Å². The fraction of sp³-hybridized carbons (Fsp3) is 0.389. The average Bonchev–Trinajstić information content (AvgIpc) is 3.23. The van der Waals surface area contributed by atoms with E-state index in [4.69, 9.17) is 11.6 Å². The molecule has 1 aliphatic heterocycles. The van der Waals surface area contributed by atoms with Crippen LogP contribution in [0.1, 0.15) is 13.3 Å². The number of halogens is 2. The minimum absolute atomic E-state index is 0.132. The van der Waals surface area contributed by atoms with Crippen LogP contribution in [0.5, 0.6) is 0 Å². The summed E-state index contributed by atoms with van der Waals surface area (Å²) < 4.78 is 0.796. The number of rotatable bonds is 3. The van der Waals surface area contributed by atoms with Crippen LogP contribution in [0.2, 0.25) is 5.02 Å². The number of hydrogen-bond donors (Lipinski definition) is 1. The number of nitrogens with zero attached hydrogens (tertiary/aromatic N) is 1. The second-order valence-corrected chi connectivity index (χ2v) is 8.16. The van der Waals surface area contributed by atoms with E-state index in [9.17, 15) is 14.4 Å². The third kappa shape index (κ3) is 2.54. The van der Waals surface area contributed by atoms with Gasteiger partial charge in [0.15, 0.2) is 0 Å². The third-order valence-corrected chi connectivity index (χ3v) is 6.27. The fourth-order valence-corrected chi connectivity index (χ4v) is 4.97. The summed E-state index contributed by atoms with van der Waals surface area (Å²) in [4.78, 5) is 39.2. The molecule has 130 valence electrons. The van der Waals surface area contributed by atoms with Crippen molar-refractivity contribution in [1.29, 1.82) is 0 Å². The Bertz CT molecular complexity index is 795. The monoisotopic (exact) mass is 422 g/mol. The first kappa shape index (κ1) is 16.8. The molecule has 3 aliphatic rings. The van der Waals surface area contributed by atoms with E-state index < -0.39 is 11.9 Å². The highest BCUT2D eigenvalue weighted by Gasteiger charge is 2.60. The number of amides is 3. The number of nitrogens with one attached hydrogen (secondary N) is 1. The Hall–Kier alpha value is -1.66. The highest BCUT2D eigenvalue weighted by molar-refractivity contribution is 9.10. The average molecular weight is 424 g/mol. The summed E-state index contributed by atoms with van der Waals surface area (Å²) in [6.45, 7) is 1.58. The van der Waals surface area contributed by atoms with E-state index in [1.165, 1.54) is 0 Å². The first-order chi connectivity index (χ1) is 11.9. The summed E-state index contributed by atoms with van der Waals surface area (Å²) >= 11 is 9.42. The molecule has 1 heterocycles. The van der Waals surface area contributed by atoms with Crippen molar-refractivity contribution in [2.75, 3.05) is 5.32 Å². The van der Waals surface area contributed by atoms with E-state index in [1.54, 1.807) is 25.1 Å². The maximum atomic E-state index is 12.8. The molecule has 4 rings (SSSR count). The zero-order valence-electron chi connectivity index (χ0n) is 13.4. The van der Waals surface area contributed by atoms with Crippen molar-refractivity contribution in [3.8, 4) is 0 Å². The van der Waals surface area contributed by atoms with Crippen LogP contribution in [0.15, 0.2) is 34.8 Å². The van der Waals surface area contributed by atoms with Crippen LogP contribution >= 0.6 is 27.5 Å². The van der Waals surface area contributed by atoms with Gasteiger partial charge in [-0.3, -0.25) is 19.3 Å². The van der Waals surface area contributed by atoms with Crippen LogP contribution in [0.25, 0.3) is 0 Å². The molecular formula is C18H16BrClN2O3. The first-order valence-corrected chi connectivity index (χ1v) is 9.36. The van der Waals surface area contributed by atoms with E-state index in [1.807, 2.05) is 12.2 Å². The van der Waals surface area contributed by atoms with Gasteiger partial charge in [0.2, 0.25) is 17.7 Å². The van der Waals surface area contributed by atoms with Crippen molar-refractivity contribution >= 4 is 50.9 Å². The van der Waals surface area contributed by atoms with Crippen molar-refractivity contribution in [1.82, 2.24) is 4.90 Å². The van der Waals surface area contributed by atoms with Crippen LogP contribution < -0.4 is 5.32 Å². The van der Waals surface area contributed by atoms with E-state index >= 15 is 0 Å². The number of hydrogen-bond acceptors (Lipinski definition) is 3. The minimum atomic E-state index is -0.871. The van der Waals surface area contributed by atoms with Gasteiger partial charge in [0.25, 0.3) is 0 Å². The highest BCUT2D eigenvalue weighted by atomic mass is 79.9. The van der Waals surface area contributed by atoms with E-state index in [0.29, 0.717) is 10.7 Å². The quantitative estimate of drug-likeness (QED) is 0.599. The summed E-state index contributed by atoms with van der Waals surface area (Å²) in [5.74, 6) is -1.21. The molecule has 1 saturated carbocycles. The first-order valence-electron chi connectivity index (χ1n) is 8.19. The van der Waals surface area contributed by atoms with Crippen LogP contribution in [-0.2, 0) is 14.4 Å². The molecular weight excluding hydrogens is 408 g/mol. The molecule has 3 amide bonds. The number of carbonyl (C=O) groups is 3. The van der Waals surface area contributed by atoms with Gasteiger partial charge in [-0.1, -0.05) is 39.7 Å². The number of anilines is 1. The number of allylic oxidation sites excluding steroid dienone is 2. The molecule has 2 aliphatic carbocycles. The predicted octanol–water partition coefficient (Wildman–Crippen LogP) is 3.24. The molecule has 25 heavy (non-hydrogen) atoms. The van der Waals surface area contributed by atoms with Gasteiger partial charge in [0.05, 0.1) is 22.5 Å². The Kier molecular flexibility index (Phi) is 4.00. The Morgan fingerprint density at radius 2 is 1.84 bits per heavy atom. The molecule has 5 nitrogen and oxygen atoms in total. The van der Waals surface area contributed by atoms with Crippen LogP contribution in [0.3, 0.4) is 0 Å². The molecule has 1 N–H and O–H groups in total. The largest absolute Gasteiger partial charge is 0.323 e. The Morgan fingerprint density at radius 3 is 2.40 bits per heavy atom. The summed E-state index contributed by atoms with van der Waals surface area (Å²) in [5, 5.41) is 3.09. The second-order valence-electron chi connectivity index (χ2n) is 6.84. The topological polar surface area (TPSA) is 66.5 Å². The molecule has 0 aromatic heterocycles. The van der Waals surface area contributed by atoms with Crippen LogP contribution in [0, 0.1) is 23.7 Å². The summed E-state index contributed by atoms with van der Waals surface area (Å²) in [7, 11) is 0. The lowest BCUT2D eigenvalue weighted by Crippen LogP contribution is -2.46. The van der Waals surface area contributed by atoms with Gasteiger partial charge in [0, 0.05) is 4.47 Å². The fourth-order valence-electron chi connectivity index (χ4n) is 4.25. The Morgan fingerprint density at radius 1 is 1.24 bits per heavy atom. The summed E-state index contributed by atoms with van der Waals surface area (Å²) in [6, 6.07) is 4.22. The molecule has 5 atom stereocenters. The normalized spacial score (nSPS) is 30.8. The van der Waals surface area contributed by atoms with Crippen LogP contribution in [-0.4, -0.2) is 28.7 Å². The van der Waals surface area contributed by atoms with Gasteiger partial charge in [-0.15, -0.1) is 0 Å². The van der Waals surface area contributed by atoms with Crippen molar-refractivity contribution in [2.24, 2.45) is 23.7 Å². The molecule has 0 spiro atoms. The predicted molar refractivity (Wildman–Crippen MR) is 96.8 cm³/mol. The maximum Gasteiger partial charge on any atom is 0.247 e. The van der Waals surface area contributed by atoms with Crippen molar-refractivity contribution in [3.05, 3.63) is 39.8 Å². The van der Waals surface area contributed by atoms with Crippen LogP contribution in [0.4, 0.5) is 5.69 Å². The lowest BCUT2D eigenvalue weighted by molar-refractivity contribution is -0.146. The standard InChI is InChI=1S/C18H16BrClN2O3/c1-8(16(23)21-13-5-4-11(19)7-12(13)20)22-17(24)14-9-2-3-10(6-9)15(14)18(22)25/h2-5,7-10,14-15H,6H2,1H3,(H,21,23)/t8-,9-,10+,14-,15-/m0/s1. The van der Waals surface area contributed by atoms with Gasteiger partial charge >= 0.3 is 0 Å². The zero-order chi connectivity index (χ0) is 17.9. The van der Waals surface area contributed by atoms with Gasteiger partial charge in [0.1, 0.15) is 6.04 Å². The smallest absolute Gasteiger partial charge is 0.247 e. The molecule has 0 unspecified atom stereocenters. The van der Waals surface area contributed by atoms with Crippen molar-refractivity contribution < 1.29 is 14.4 Å². The van der Waals surface area contributed by atoms with Crippen molar-refractivity contribution in [3.63, 3.8) is 0 Å². The molecule has 1 saturated heterocycles. The molecule has 0 radical (unpaired) electrons. The summed E-state index contributed by atoms with van der Waals surface area (Å²) in [5.41, 5.74) is 0.447. The lowest BCUT2D eigenvalue weighted by atomic mass is 9.85. The van der Waals surface area contributed by atoms with Crippen molar-refractivity contribution in [2.45, 2.75) is 19.4 Å². The highest BCUT2D eigenvalue weighted by Crippen LogP contribution is 2.52. The Labute approximate surface area is 158 Å². The molecule has 1 aromatic carbocycles. The van der Waals surface area contributed by atoms with Gasteiger partial charge < -0.3 is 5.32 Å². The lowest BCUT2D eigenvalue weighted by Gasteiger charge is -2.24. The molecule has 7 heteroatoms. The maximum absolute atomic E-state index is 12.8. The minimum Gasteiger partial charge on any atom is -0.323 e. The van der Waals surface area contributed by atoms with Gasteiger partial charge in [-0.05, 0) is 43.4 Å². The second kappa shape index (κ2) is 5.95. The molecule has 2 bridgehead atoms. The number of imide groups is 1. The number of benzene rings is 1. The van der Waals surface area contributed by atoms with Gasteiger partial charge in [-0.25, -0.2) is 0 Å². The zero-order valence-corrected chi connectivity index (χ0v) is 15.8. The number of fused-ring (bicyclic) bond motifs is 5. The Balaban J connectivity index is 1.53. The number of likely N-dealkylation sites (tertiary alicyclic amines) is 1. The van der Waals surface area contributed by atoms with E-state index in [-0.39, 0.29) is 35.5 Å². The third-order valence-electron chi connectivity index (χ3n) is 5.46. The SMILES string of the molecule is C[C@@H](C(=O)Nc1ccc(Br)cc1Cl)N1C(=O)[C@@H]2[C@@H](C1=O)[C@H]1C=C[C@@H]2C1. The summed E-state index contributed by atoms with van der Waals surface area (Å²) in [6.07, 6.45) is 4.94. The van der Waals surface area contributed by atoms with Gasteiger partial charge in [-0.2, -0.15) is 0 Å². The number of carbonyl (C=O) groups excluding carboxylic acids is 3.